The zero-order chi connectivity index (χ0) is 18.7. The number of aromatic amines is 1. The standard InChI is InChI=1S/C20H16ClN3O2/c1-12-3-4-14(8-17-7-13(2)20(25)24-23-17)9-18(12)26-19-10-16(21)6-5-15(19)11-22/h3-7,9-10H,8H2,1-2H3,(H,24,25). The van der Waals surface area contributed by atoms with Gasteiger partial charge in [-0.05, 0) is 49.2 Å². The van der Waals surface area contributed by atoms with Gasteiger partial charge in [0.2, 0.25) is 0 Å². The van der Waals surface area contributed by atoms with Gasteiger partial charge in [0.05, 0.1) is 11.3 Å². The van der Waals surface area contributed by atoms with Gasteiger partial charge in [0, 0.05) is 23.1 Å². The van der Waals surface area contributed by atoms with Gasteiger partial charge in [0.15, 0.2) is 0 Å². The lowest BCUT2D eigenvalue weighted by molar-refractivity contribution is 0.477. The number of nitrogens with one attached hydrogen (secondary N) is 1. The summed E-state index contributed by atoms with van der Waals surface area (Å²) in [5.74, 6) is 1.06. The van der Waals surface area contributed by atoms with Gasteiger partial charge in [0.25, 0.3) is 5.56 Å². The van der Waals surface area contributed by atoms with Gasteiger partial charge in [-0.2, -0.15) is 10.4 Å². The third-order valence-corrected chi connectivity index (χ3v) is 4.20. The molecule has 0 aliphatic heterocycles. The first-order valence-electron chi connectivity index (χ1n) is 7.98. The van der Waals surface area contributed by atoms with E-state index >= 15 is 0 Å². The predicted molar refractivity (Wildman–Crippen MR) is 99.8 cm³/mol. The van der Waals surface area contributed by atoms with Crippen molar-refractivity contribution in [1.29, 1.82) is 5.26 Å². The van der Waals surface area contributed by atoms with Crippen LogP contribution in [0.15, 0.2) is 47.3 Å². The first-order valence-corrected chi connectivity index (χ1v) is 8.36. The fourth-order valence-electron chi connectivity index (χ4n) is 2.51. The lowest BCUT2D eigenvalue weighted by Gasteiger charge is -2.12. The lowest BCUT2D eigenvalue weighted by atomic mass is 10.1. The van der Waals surface area contributed by atoms with E-state index < -0.39 is 0 Å². The summed E-state index contributed by atoms with van der Waals surface area (Å²) < 4.78 is 5.95. The number of hydrogen-bond acceptors (Lipinski definition) is 4. The summed E-state index contributed by atoms with van der Waals surface area (Å²) >= 11 is 6.02. The van der Waals surface area contributed by atoms with Crippen molar-refractivity contribution in [3.05, 3.63) is 85.8 Å². The number of ether oxygens (including phenoxy) is 1. The van der Waals surface area contributed by atoms with Crippen LogP contribution < -0.4 is 10.3 Å². The molecule has 2 aromatic carbocycles. The largest absolute Gasteiger partial charge is 0.456 e. The Kier molecular flexibility index (Phi) is 5.06. The second-order valence-electron chi connectivity index (χ2n) is 6.00. The maximum absolute atomic E-state index is 11.4. The highest BCUT2D eigenvalue weighted by atomic mass is 35.5. The molecular weight excluding hydrogens is 350 g/mol. The average Bonchev–Trinajstić information content (AvgIpc) is 2.61. The first kappa shape index (κ1) is 17.7. The molecule has 0 bridgehead atoms. The summed E-state index contributed by atoms with van der Waals surface area (Å²) in [6, 6.07) is 14.6. The Bertz CT molecular complexity index is 1070. The number of nitriles is 1. The molecule has 0 atom stereocenters. The molecule has 0 aliphatic carbocycles. The number of rotatable bonds is 4. The van der Waals surface area contributed by atoms with Crippen LogP contribution in [-0.4, -0.2) is 10.2 Å². The quantitative estimate of drug-likeness (QED) is 0.747. The molecule has 130 valence electrons. The lowest BCUT2D eigenvalue weighted by Crippen LogP contribution is -2.12. The highest BCUT2D eigenvalue weighted by Gasteiger charge is 2.10. The highest BCUT2D eigenvalue weighted by Crippen LogP contribution is 2.31. The summed E-state index contributed by atoms with van der Waals surface area (Å²) in [6.45, 7) is 3.67. The number of aromatic nitrogens is 2. The maximum Gasteiger partial charge on any atom is 0.267 e. The molecule has 0 saturated heterocycles. The van der Waals surface area contributed by atoms with E-state index in [9.17, 15) is 10.1 Å². The number of halogens is 1. The predicted octanol–water partition coefficient (Wildman–Crippen LogP) is 4.29. The normalized spacial score (nSPS) is 10.4. The molecule has 1 N–H and O–H groups in total. The van der Waals surface area contributed by atoms with Crippen LogP contribution in [0, 0.1) is 25.2 Å². The maximum atomic E-state index is 11.4. The second-order valence-corrected chi connectivity index (χ2v) is 6.44. The molecule has 0 unspecified atom stereocenters. The van der Waals surface area contributed by atoms with E-state index in [1.54, 1.807) is 31.2 Å². The molecule has 1 aromatic heterocycles. The Morgan fingerprint density at radius 2 is 1.92 bits per heavy atom. The molecule has 0 saturated carbocycles. The molecule has 6 heteroatoms. The second kappa shape index (κ2) is 7.42. The number of aryl methyl sites for hydroxylation is 2. The van der Waals surface area contributed by atoms with E-state index in [2.05, 4.69) is 16.3 Å². The van der Waals surface area contributed by atoms with Crippen molar-refractivity contribution in [2.24, 2.45) is 0 Å². The van der Waals surface area contributed by atoms with Crippen molar-refractivity contribution in [2.45, 2.75) is 20.3 Å². The molecule has 3 aromatic rings. The van der Waals surface area contributed by atoms with E-state index in [-0.39, 0.29) is 5.56 Å². The molecule has 0 radical (unpaired) electrons. The number of hydrogen-bond donors (Lipinski definition) is 1. The van der Waals surface area contributed by atoms with Crippen LogP contribution in [0.2, 0.25) is 5.02 Å². The third kappa shape index (κ3) is 3.93. The van der Waals surface area contributed by atoms with Gasteiger partial charge in [0.1, 0.15) is 17.6 Å². The fraction of sp³-hybridized carbons (Fsp3) is 0.150. The summed E-state index contributed by atoms with van der Waals surface area (Å²) in [5.41, 5.74) is 3.52. The van der Waals surface area contributed by atoms with Crippen molar-refractivity contribution >= 4 is 11.6 Å². The van der Waals surface area contributed by atoms with E-state index in [0.717, 1.165) is 16.8 Å². The SMILES string of the molecule is Cc1ccc(Cc2cc(C)c(=O)[nH]n2)cc1Oc1cc(Cl)ccc1C#N. The zero-order valence-corrected chi connectivity index (χ0v) is 15.1. The van der Waals surface area contributed by atoms with E-state index in [1.165, 1.54) is 0 Å². The summed E-state index contributed by atoms with van der Waals surface area (Å²) in [5, 5.41) is 16.3. The summed E-state index contributed by atoms with van der Waals surface area (Å²) in [6.07, 6.45) is 0.551. The van der Waals surface area contributed by atoms with Gasteiger partial charge < -0.3 is 4.74 Å². The minimum absolute atomic E-state index is 0.188. The smallest absolute Gasteiger partial charge is 0.267 e. The molecule has 3 rings (SSSR count). The topological polar surface area (TPSA) is 78.8 Å². The first-order chi connectivity index (χ1) is 12.5. The fourth-order valence-corrected chi connectivity index (χ4v) is 2.68. The number of benzene rings is 2. The zero-order valence-electron chi connectivity index (χ0n) is 14.3. The van der Waals surface area contributed by atoms with Crippen LogP contribution in [0.5, 0.6) is 11.5 Å². The molecule has 5 nitrogen and oxygen atoms in total. The van der Waals surface area contributed by atoms with Crippen LogP contribution in [0.4, 0.5) is 0 Å². The van der Waals surface area contributed by atoms with Gasteiger partial charge in [-0.15, -0.1) is 0 Å². The van der Waals surface area contributed by atoms with Gasteiger partial charge in [-0.1, -0.05) is 23.7 Å². The van der Waals surface area contributed by atoms with Crippen LogP contribution in [0.1, 0.15) is 27.9 Å². The molecule has 0 fully saturated rings. The van der Waals surface area contributed by atoms with Gasteiger partial charge >= 0.3 is 0 Å². The summed E-state index contributed by atoms with van der Waals surface area (Å²) in [7, 11) is 0. The van der Waals surface area contributed by atoms with Crippen LogP contribution in [-0.2, 0) is 6.42 Å². The Labute approximate surface area is 155 Å². The molecule has 0 amide bonds. The average molecular weight is 366 g/mol. The van der Waals surface area contributed by atoms with Crippen LogP contribution >= 0.6 is 11.6 Å². The minimum atomic E-state index is -0.188. The van der Waals surface area contributed by atoms with Crippen molar-refractivity contribution in [2.75, 3.05) is 0 Å². The molecule has 0 spiro atoms. The Balaban J connectivity index is 1.91. The molecule has 0 aliphatic rings. The van der Waals surface area contributed by atoms with E-state index in [0.29, 0.717) is 34.1 Å². The Morgan fingerprint density at radius 1 is 1.12 bits per heavy atom. The highest BCUT2D eigenvalue weighted by molar-refractivity contribution is 6.30. The van der Waals surface area contributed by atoms with Gasteiger partial charge in [-0.25, -0.2) is 5.10 Å². The molecule has 26 heavy (non-hydrogen) atoms. The molecule has 1 heterocycles. The third-order valence-electron chi connectivity index (χ3n) is 3.96. The van der Waals surface area contributed by atoms with Crippen molar-refractivity contribution in [3.63, 3.8) is 0 Å². The monoisotopic (exact) mass is 365 g/mol. The Hall–Kier alpha value is -3.10. The van der Waals surface area contributed by atoms with Crippen molar-refractivity contribution in [1.82, 2.24) is 10.2 Å². The van der Waals surface area contributed by atoms with Crippen LogP contribution in [0.25, 0.3) is 0 Å². The Morgan fingerprint density at radius 3 is 2.65 bits per heavy atom. The van der Waals surface area contributed by atoms with E-state index in [4.69, 9.17) is 16.3 Å². The van der Waals surface area contributed by atoms with E-state index in [1.807, 2.05) is 25.1 Å². The number of H-pyrrole nitrogens is 1. The van der Waals surface area contributed by atoms with Gasteiger partial charge in [-0.3, -0.25) is 4.79 Å². The van der Waals surface area contributed by atoms with Crippen molar-refractivity contribution < 1.29 is 4.74 Å². The summed E-state index contributed by atoms with van der Waals surface area (Å²) in [4.78, 5) is 11.4. The number of nitrogens with zero attached hydrogens (tertiary/aromatic N) is 2. The van der Waals surface area contributed by atoms with Crippen molar-refractivity contribution in [3.8, 4) is 17.6 Å². The van der Waals surface area contributed by atoms with Crippen LogP contribution in [0.3, 0.4) is 0 Å². The molecular formula is C20H16ClN3O2. The minimum Gasteiger partial charge on any atom is -0.456 e.